The van der Waals surface area contributed by atoms with Crippen molar-refractivity contribution in [3.05, 3.63) is 23.8 Å². The highest BCUT2D eigenvalue weighted by Crippen LogP contribution is 2.69. The van der Waals surface area contributed by atoms with Crippen LogP contribution < -0.4 is 0 Å². The molecule has 0 spiro atoms. The van der Waals surface area contributed by atoms with Gasteiger partial charge in [0.05, 0.1) is 13.2 Å². The number of carbonyl (C=O) groups is 3. The van der Waals surface area contributed by atoms with Crippen molar-refractivity contribution in [2.45, 2.75) is 58.2 Å². The minimum atomic E-state index is -1.92. The van der Waals surface area contributed by atoms with Crippen molar-refractivity contribution in [1.82, 2.24) is 0 Å². The normalized spacial score (nSPS) is 48.3. The maximum absolute atomic E-state index is 16.9. The molecule has 3 saturated carbocycles. The Balaban J connectivity index is 1.78. The smallest absolute Gasteiger partial charge is 0.374 e. The fraction of sp³-hybridized carbons (Fsp3) is 0.696. The first-order valence-corrected chi connectivity index (χ1v) is 10.4. The highest BCUT2D eigenvalue weighted by molar-refractivity contribution is 6.34. The third-order valence-electron chi connectivity index (χ3n) is 8.65. The number of esters is 1. The highest BCUT2D eigenvalue weighted by Gasteiger charge is 2.72. The van der Waals surface area contributed by atoms with Crippen LogP contribution in [0.5, 0.6) is 0 Å². The van der Waals surface area contributed by atoms with Crippen LogP contribution in [0.25, 0.3) is 0 Å². The maximum Gasteiger partial charge on any atom is 0.374 e. The van der Waals surface area contributed by atoms with Gasteiger partial charge in [0.25, 0.3) is 0 Å². The molecule has 0 heterocycles. The molecular weight excluding hydrogens is 375 g/mol. The SMILES string of the molecule is COC(=O)C(=O)[C@H]1[C@H](C)C[C@H]2[C@@H]3CCC4=CC(=O)C=C[C@]4(C)[C@@]3(F)[C@@H](O)C[C@@]21C. The quantitative estimate of drug-likeness (QED) is 0.565. The number of ketones is 2. The van der Waals surface area contributed by atoms with Crippen molar-refractivity contribution >= 4 is 17.5 Å². The largest absolute Gasteiger partial charge is 0.463 e. The Morgan fingerprint density at radius 2 is 1.97 bits per heavy atom. The second-order valence-electron chi connectivity index (χ2n) is 9.90. The Kier molecular flexibility index (Phi) is 4.47. The first kappa shape index (κ1) is 20.5. The number of halogens is 1. The zero-order valence-electron chi connectivity index (χ0n) is 17.4. The van der Waals surface area contributed by atoms with Crippen LogP contribution in [-0.2, 0) is 19.1 Å². The van der Waals surface area contributed by atoms with Crippen LogP contribution in [-0.4, -0.2) is 41.5 Å². The van der Waals surface area contributed by atoms with E-state index in [2.05, 4.69) is 4.74 Å². The summed E-state index contributed by atoms with van der Waals surface area (Å²) in [5.41, 5.74) is -2.89. The van der Waals surface area contributed by atoms with Crippen molar-refractivity contribution in [3.8, 4) is 0 Å². The molecule has 3 fully saturated rings. The van der Waals surface area contributed by atoms with Crippen molar-refractivity contribution in [2.24, 2.45) is 34.5 Å². The fourth-order valence-corrected chi connectivity index (χ4v) is 7.36. The van der Waals surface area contributed by atoms with Gasteiger partial charge in [0.2, 0.25) is 5.78 Å². The lowest BCUT2D eigenvalue weighted by atomic mass is 9.45. The van der Waals surface area contributed by atoms with Crippen molar-refractivity contribution in [3.63, 3.8) is 0 Å². The molecule has 1 N–H and O–H groups in total. The number of fused-ring (bicyclic) bond motifs is 5. The Morgan fingerprint density at radius 1 is 1.28 bits per heavy atom. The molecule has 0 aromatic rings. The van der Waals surface area contributed by atoms with Crippen LogP contribution >= 0.6 is 0 Å². The Bertz CT molecular complexity index is 846. The van der Waals surface area contributed by atoms with E-state index in [0.717, 1.165) is 5.57 Å². The minimum Gasteiger partial charge on any atom is -0.463 e. The van der Waals surface area contributed by atoms with Gasteiger partial charge in [0, 0.05) is 17.3 Å². The molecule has 0 amide bonds. The summed E-state index contributed by atoms with van der Waals surface area (Å²) >= 11 is 0. The van der Waals surface area contributed by atoms with Crippen molar-refractivity contribution < 1.29 is 28.6 Å². The average molecular weight is 404 g/mol. The lowest BCUT2D eigenvalue weighted by Gasteiger charge is -2.61. The summed E-state index contributed by atoms with van der Waals surface area (Å²) in [6, 6.07) is 0. The van der Waals surface area contributed by atoms with Gasteiger partial charge in [0.1, 0.15) is 0 Å². The van der Waals surface area contributed by atoms with Gasteiger partial charge in [-0.25, -0.2) is 9.18 Å². The number of alkyl halides is 1. The molecule has 4 rings (SSSR count). The van der Waals surface area contributed by atoms with Gasteiger partial charge in [-0.1, -0.05) is 25.5 Å². The van der Waals surface area contributed by atoms with Gasteiger partial charge in [-0.3, -0.25) is 9.59 Å². The van der Waals surface area contributed by atoms with E-state index in [1.54, 1.807) is 13.0 Å². The predicted molar refractivity (Wildman–Crippen MR) is 103 cm³/mol. The van der Waals surface area contributed by atoms with Crippen LogP contribution in [0.15, 0.2) is 23.8 Å². The molecule has 29 heavy (non-hydrogen) atoms. The number of carbonyl (C=O) groups excluding carboxylic acids is 3. The number of allylic oxidation sites excluding steroid dienone is 4. The van der Waals surface area contributed by atoms with Crippen LogP contribution in [0.2, 0.25) is 0 Å². The molecule has 158 valence electrons. The molecular formula is C23H29FO5. The molecule has 4 aliphatic rings. The monoisotopic (exact) mass is 404 g/mol. The molecule has 0 bridgehead atoms. The topological polar surface area (TPSA) is 80.7 Å². The average Bonchev–Trinajstić information content (AvgIpc) is 2.92. The highest BCUT2D eigenvalue weighted by atomic mass is 19.1. The third kappa shape index (κ3) is 2.44. The van der Waals surface area contributed by atoms with E-state index in [-0.39, 0.29) is 24.0 Å². The van der Waals surface area contributed by atoms with Gasteiger partial charge < -0.3 is 9.84 Å². The fourth-order valence-electron chi connectivity index (χ4n) is 7.36. The van der Waals surface area contributed by atoms with Crippen LogP contribution in [0.4, 0.5) is 4.39 Å². The van der Waals surface area contributed by atoms with E-state index in [1.165, 1.54) is 19.3 Å². The summed E-state index contributed by atoms with van der Waals surface area (Å²) in [6.07, 6.45) is 5.08. The van der Waals surface area contributed by atoms with Crippen molar-refractivity contribution in [2.75, 3.05) is 7.11 Å². The van der Waals surface area contributed by atoms with E-state index in [0.29, 0.717) is 19.3 Å². The molecule has 8 atom stereocenters. The van der Waals surface area contributed by atoms with Gasteiger partial charge in [0.15, 0.2) is 11.5 Å². The summed E-state index contributed by atoms with van der Waals surface area (Å²) in [7, 11) is 1.19. The van der Waals surface area contributed by atoms with Gasteiger partial charge in [-0.05, 0) is 62.0 Å². The van der Waals surface area contributed by atoms with E-state index >= 15 is 4.39 Å². The van der Waals surface area contributed by atoms with E-state index < -0.39 is 46.2 Å². The molecule has 0 aromatic carbocycles. The number of ether oxygens (including phenoxy) is 1. The van der Waals surface area contributed by atoms with Crippen LogP contribution in [0, 0.1) is 34.5 Å². The molecule has 6 heteroatoms. The summed E-state index contributed by atoms with van der Waals surface area (Å²) in [4.78, 5) is 36.7. The molecule has 0 unspecified atom stereocenters. The Labute approximate surface area is 170 Å². The van der Waals surface area contributed by atoms with E-state index in [1.807, 2.05) is 13.8 Å². The predicted octanol–water partition coefficient (Wildman–Crippen LogP) is 2.96. The van der Waals surface area contributed by atoms with Gasteiger partial charge in [-0.2, -0.15) is 0 Å². The third-order valence-corrected chi connectivity index (χ3v) is 8.65. The first-order valence-electron chi connectivity index (χ1n) is 10.4. The summed E-state index contributed by atoms with van der Waals surface area (Å²) in [5.74, 6) is -2.86. The molecule has 0 aliphatic heterocycles. The number of rotatable bonds is 2. The standard InChI is InChI=1S/C23H29FO5/c1-12-9-16-15-6-5-13-10-14(25)7-8-22(13,3)23(15,24)17(26)11-21(16,2)18(12)19(27)20(28)29-4/h7-8,10,12,15-18,26H,5-6,9,11H2,1-4H3/t12-,15+,16+,17+,18-,21+,22+,23+/m1/s1. The molecule has 4 aliphatic carbocycles. The van der Waals surface area contributed by atoms with Crippen molar-refractivity contribution in [1.29, 1.82) is 0 Å². The van der Waals surface area contributed by atoms with Gasteiger partial charge in [-0.15, -0.1) is 0 Å². The molecule has 5 nitrogen and oxygen atoms in total. The Hall–Kier alpha value is -1.82. The summed E-state index contributed by atoms with van der Waals surface area (Å²) in [6.45, 7) is 5.62. The molecule has 0 saturated heterocycles. The summed E-state index contributed by atoms with van der Waals surface area (Å²) < 4.78 is 21.6. The number of hydrogen-bond donors (Lipinski definition) is 1. The number of aliphatic hydroxyl groups excluding tert-OH is 1. The van der Waals surface area contributed by atoms with Crippen LogP contribution in [0.3, 0.4) is 0 Å². The number of methoxy groups -OCH3 is 1. The second kappa shape index (κ2) is 6.34. The lowest BCUT2D eigenvalue weighted by molar-refractivity contribution is -0.196. The first-order chi connectivity index (χ1) is 13.5. The molecule has 0 aromatic heterocycles. The zero-order chi connectivity index (χ0) is 21.4. The van der Waals surface area contributed by atoms with Gasteiger partial charge >= 0.3 is 5.97 Å². The summed E-state index contributed by atoms with van der Waals surface area (Å²) in [5, 5.41) is 11.2. The van der Waals surface area contributed by atoms with E-state index in [9.17, 15) is 19.5 Å². The number of Topliss-reactive ketones (excluding diaryl/α,β-unsaturated/α-hetero) is 1. The van der Waals surface area contributed by atoms with E-state index in [4.69, 9.17) is 0 Å². The number of aliphatic hydroxyl groups is 1. The Morgan fingerprint density at radius 3 is 2.62 bits per heavy atom. The number of hydrogen-bond acceptors (Lipinski definition) is 5. The second-order valence-corrected chi connectivity index (χ2v) is 9.90. The molecule has 0 radical (unpaired) electrons. The van der Waals surface area contributed by atoms with Crippen LogP contribution in [0.1, 0.15) is 46.5 Å². The maximum atomic E-state index is 16.9. The zero-order valence-corrected chi connectivity index (χ0v) is 17.4. The lowest BCUT2D eigenvalue weighted by Crippen LogP contribution is -2.66. The minimum absolute atomic E-state index is 0.0978.